The number of aliphatic hydroxyl groups is 1. The molecule has 0 aliphatic carbocycles. The Labute approximate surface area is 95.2 Å². The van der Waals surface area contributed by atoms with E-state index in [-0.39, 0.29) is 12.0 Å². The molecule has 4 heteroatoms. The van der Waals surface area contributed by atoms with Gasteiger partial charge in [0.25, 0.3) is 0 Å². The van der Waals surface area contributed by atoms with Crippen LogP contribution in [0.2, 0.25) is 0 Å². The van der Waals surface area contributed by atoms with Crippen molar-refractivity contribution in [2.24, 2.45) is 0 Å². The predicted octanol–water partition coefficient (Wildman–Crippen LogP) is 0.961. The van der Waals surface area contributed by atoms with E-state index in [1.807, 2.05) is 19.1 Å². The van der Waals surface area contributed by atoms with Crippen molar-refractivity contribution in [2.75, 3.05) is 19.8 Å². The Kier molecular flexibility index (Phi) is 3.88. The molecule has 0 spiro atoms. The lowest BCUT2D eigenvalue weighted by molar-refractivity contribution is -0.136. The number of aromatic nitrogens is 1. The van der Waals surface area contributed by atoms with Crippen molar-refractivity contribution >= 4 is 0 Å². The van der Waals surface area contributed by atoms with Crippen LogP contribution in [0, 0.1) is 0 Å². The molecule has 0 bridgehead atoms. The largest absolute Gasteiger partial charge is 0.390 e. The minimum atomic E-state index is -0.539. The summed E-state index contributed by atoms with van der Waals surface area (Å²) in [4.78, 5) is 3.96. The van der Waals surface area contributed by atoms with Gasteiger partial charge in [-0.25, -0.2) is 0 Å². The van der Waals surface area contributed by atoms with Crippen LogP contribution < -0.4 is 0 Å². The Morgan fingerprint density at radius 3 is 2.75 bits per heavy atom. The third-order valence-electron chi connectivity index (χ3n) is 2.97. The van der Waals surface area contributed by atoms with Gasteiger partial charge in [-0.15, -0.1) is 0 Å². The molecule has 1 aliphatic rings. The minimum absolute atomic E-state index is 0.0229. The SMILES string of the molecule is CC(c1ccncc1)C(O)C1COCCO1. The van der Waals surface area contributed by atoms with Crippen molar-refractivity contribution in [1.29, 1.82) is 0 Å². The number of rotatable bonds is 3. The standard InChI is InChI=1S/C12H17NO3/c1-9(10-2-4-13-5-3-10)12(14)11-8-15-6-7-16-11/h2-5,9,11-12,14H,6-8H2,1H3. The monoisotopic (exact) mass is 223 g/mol. The lowest BCUT2D eigenvalue weighted by Gasteiger charge is -2.30. The van der Waals surface area contributed by atoms with E-state index >= 15 is 0 Å². The van der Waals surface area contributed by atoms with Crippen LogP contribution in [0.25, 0.3) is 0 Å². The molecule has 88 valence electrons. The summed E-state index contributed by atoms with van der Waals surface area (Å²) in [5.74, 6) is 0.0229. The smallest absolute Gasteiger partial charge is 0.107 e. The Morgan fingerprint density at radius 1 is 1.38 bits per heavy atom. The molecule has 0 amide bonds. The zero-order chi connectivity index (χ0) is 11.4. The highest BCUT2D eigenvalue weighted by Crippen LogP contribution is 2.23. The second-order valence-corrected chi connectivity index (χ2v) is 4.04. The summed E-state index contributed by atoms with van der Waals surface area (Å²) in [6.45, 7) is 3.63. The molecule has 0 radical (unpaired) electrons. The van der Waals surface area contributed by atoms with Gasteiger partial charge >= 0.3 is 0 Å². The highest BCUT2D eigenvalue weighted by molar-refractivity contribution is 5.16. The van der Waals surface area contributed by atoms with Crippen molar-refractivity contribution in [2.45, 2.75) is 25.0 Å². The molecule has 1 aromatic heterocycles. The first kappa shape index (κ1) is 11.5. The van der Waals surface area contributed by atoms with Gasteiger partial charge in [-0.05, 0) is 17.7 Å². The summed E-state index contributed by atoms with van der Waals surface area (Å²) in [6.07, 6.45) is 2.70. The van der Waals surface area contributed by atoms with Crippen molar-refractivity contribution in [3.8, 4) is 0 Å². The summed E-state index contributed by atoms with van der Waals surface area (Å²) in [5.41, 5.74) is 1.07. The van der Waals surface area contributed by atoms with Crippen LogP contribution in [0.15, 0.2) is 24.5 Å². The Morgan fingerprint density at radius 2 is 2.12 bits per heavy atom. The first-order valence-electron chi connectivity index (χ1n) is 5.56. The molecule has 0 saturated carbocycles. The van der Waals surface area contributed by atoms with Crippen LogP contribution in [0.4, 0.5) is 0 Å². The van der Waals surface area contributed by atoms with Crippen LogP contribution in [0.3, 0.4) is 0 Å². The zero-order valence-corrected chi connectivity index (χ0v) is 9.37. The van der Waals surface area contributed by atoms with E-state index in [9.17, 15) is 5.11 Å². The maximum atomic E-state index is 10.2. The van der Waals surface area contributed by atoms with Gasteiger partial charge in [-0.3, -0.25) is 4.98 Å². The van der Waals surface area contributed by atoms with Gasteiger partial charge in [0, 0.05) is 18.3 Å². The van der Waals surface area contributed by atoms with E-state index in [1.54, 1.807) is 12.4 Å². The van der Waals surface area contributed by atoms with Gasteiger partial charge in [0.1, 0.15) is 6.10 Å². The van der Waals surface area contributed by atoms with Crippen molar-refractivity contribution in [3.05, 3.63) is 30.1 Å². The molecule has 4 nitrogen and oxygen atoms in total. The molecule has 3 atom stereocenters. The molecule has 2 rings (SSSR count). The average Bonchev–Trinajstić information content (AvgIpc) is 2.39. The fraction of sp³-hybridized carbons (Fsp3) is 0.583. The molecule has 1 N–H and O–H groups in total. The molecule has 1 aromatic rings. The Balaban J connectivity index is 2.00. The number of hydrogen-bond acceptors (Lipinski definition) is 4. The van der Waals surface area contributed by atoms with Crippen LogP contribution in [-0.4, -0.2) is 42.1 Å². The number of hydrogen-bond donors (Lipinski definition) is 1. The summed E-state index contributed by atoms with van der Waals surface area (Å²) in [6, 6.07) is 3.83. The van der Waals surface area contributed by atoms with E-state index in [4.69, 9.17) is 9.47 Å². The molecular formula is C12H17NO3. The topological polar surface area (TPSA) is 51.6 Å². The summed E-state index contributed by atoms with van der Waals surface area (Å²) < 4.78 is 10.8. The van der Waals surface area contributed by atoms with E-state index in [2.05, 4.69) is 4.98 Å². The average molecular weight is 223 g/mol. The van der Waals surface area contributed by atoms with E-state index in [0.717, 1.165) is 5.56 Å². The summed E-state index contributed by atoms with van der Waals surface area (Å²) in [7, 11) is 0. The van der Waals surface area contributed by atoms with Crippen LogP contribution >= 0.6 is 0 Å². The number of pyridine rings is 1. The maximum Gasteiger partial charge on any atom is 0.107 e. The number of ether oxygens (including phenoxy) is 2. The third kappa shape index (κ3) is 2.58. The molecule has 1 aliphatic heterocycles. The normalized spacial score (nSPS) is 25.0. The van der Waals surface area contributed by atoms with Crippen LogP contribution in [-0.2, 0) is 9.47 Å². The lowest BCUT2D eigenvalue weighted by atomic mass is 9.93. The Bertz CT molecular complexity index is 311. The fourth-order valence-corrected chi connectivity index (χ4v) is 1.89. The maximum absolute atomic E-state index is 10.2. The van der Waals surface area contributed by atoms with Crippen molar-refractivity contribution in [3.63, 3.8) is 0 Å². The van der Waals surface area contributed by atoms with Crippen LogP contribution in [0.1, 0.15) is 18.4 Å². The van der Waals surface area contributed by atoms with Gasteiger partial charge < -0.3 is 14.6 Å². The minimum Gasteiger partial charge on any atom is -0.390 e. The number of aliphatic hydroxyl groups excluding tert-OH is 1. The molecule has 16 heavy (non-hydrogen) atoms. The molecule has 0 aromatic carbocycles. The molecule has 1 fully saturated rings. The fourth-order valence-electron chi connectivity index (χ4n) is 1.89. The van der Waals surface area contributed by atoms with Gasteiger partial charge in [0.05, 0.1) is 25.9 Å². The highest BCUT2D eigenvalue weighted by atomic mass is 16.6. The number of nitrogens with zero attached hydrogens (tertiary/aromatic N) is 1. The van der Waals surface area contributed by atoms with Crippen molar-refractivity contribution < 1.29 is 14.6 Å². The van der Waals surface area contributed by atoms with Gasteiger partial charge in [-0.2, -0.15) is 0 Å². The second kappa shape index (κ2) is 5.39. The first-order chi connectivity index (χ1) is 7.79. The van der Waals surface area contributed by atoms with E-state index < -0.39 is 6.10 Å². The summed E-state index contributed by atoms with van der Waals surface area (Å²) >= 11 is 0. The summed E-state index contributed by atoms with van der Waals surface area (Å²) in [5, 5.41) is 10.2. The quantitative estimate of drug-likeness (QED) is 0.829. The molecule has 1 saturated heterocycles. The second-order valence-electron chi connectivity index (χ2n) is 4.04. The molecule has 2 heterocycles. The van der Waals surface area contributed by atoms with Gasteiger partial charge in [0.2, 0.25) is 0 Å². The van der Waals surface area contributed by atoms with Gasteiger partial charge in [0.15, 0.2) is 0 Å². The van der Waals surface area contributed by atoms with E-state index in [1.165, 1.54) is 0 Å². The van der Waals surface area contributed by atoms with E-state index in [0.29, 0.717) is 19.8 Å². The predicted molar refractivity (Wildman–Crippen MR) is 59.2 cm³/mol. The first-order valence-corrected chi connectivity index (χ1v) is 5.56. The highest BCUT2D eigenvalue weighted by Gasteiger charge is 2.28. The Hall–Kier alpha value is -0.970. The van der Waals surface area contributed by atoms with Crippen molar-refractivity contribution in [1.82, 2.24) is 4.98 Å². The molecular weight excluding hydrogens is 206 g/mol. The lowest BCUT2D eigenvalue weighted by Crippen LogP contribution is -2.41. The zero-order valence-electron chi connectivity index (χ0n) is 9.37. The third-order valence-corrected chi connectivity index (χ3v) is 2.97. The molecule has 3 unspecified atom stereocenters. The van der Waals surface area contributed by atoms with Crippen LogP contribution in [0.5, 0.6) is 0 Å². The van der Waals surface area contributed by atoms with Gasteiger partial charge in [-0.1, -0.05) is 6.92 Å².